The van der Waals surface area contributed by atoms with Crippen LogP contribution in [-0.4, -0.2) is 67.9 Å². The molecule has 0 spiro atoms. The largest absolute Gasteiger partial charge is 0.372 e. The van der Waals surface area contributed by atoms with Crippen molar-refractivity contribution in [3.63, 3.8) is 0 Å². The molecule has 1 aromatic carbocycles. The van der Waals surface area contributed by atoms with Crippen molar-refractivity contribution in [1.82, 2.24) is 9.80 Å². The summed E-state index contributed by atoms with van der Waals surface area (Å²) < 4.78 is 0. The van der Waals surface area contributed by atoms with Gasteiger partial charge >= 0.3 is 0 Å². The van der Waals surface area contributed by atoms with Crippen LogP contribution in [0.3, 0.4) is 0 Å². The second-order valence-corrected chi connectivity index (χ2v) is 9.10. The van der Waals surface area contributed by atoms with E-state index in [1.54, 1.807) is 0 Å². The van der Waals surface area contributed by atoms with E-state index in [-0.39, 0.29) is 11.8 Å². The van der Waals surface area contributed by atoms with E-state index in [2.05, 4.69) is 21.7 Å². The number of nitrogens with zero attached hydrogens (tertiary/aromatic N) is 4. The monoisotopic (exact) mass is 422 g/mol. The van der Waals surface area contributed by atoms with Gasteiger partial charge < -0.3 is 14.7 Å². The Balaban J connectivity index is 1.48. The third-order valence-electron chi connectivity index (χ3n) is 6.23. The van der Waals surface area contributed by atoms with Crippen molar-refractivity contribution < 1.29 is 9.59 Å². The molecule has 6 nitrogen and oxygen atoms in total. The third-order valence-corrected chi connectivity index (χ3v) is 7.11. The second kappa shape index (κ2) is 7.89. The molecular weight excluding hydrogens is 396 g/mol. The first-order chi connectivity index (χ1) is 14.6. The van der Waals surface area contributed by atoms with Gasteiger partial charge in [0.1, 0.15) is 5.70 Å². The molecule has 2 aromatic rings. The van der Waals surface area contributed by atoms with Crippen LogP contribution in [0, 0.1) is 0 Å². The van der Waals surface area contributed by atoms with Crippen LogP contribution < -0.4 is 9.80 Å². The van der Waals surface area contributed by atoms with Crippen molar-refractivity contribution in [3.8, 4) is 0 Å². The van der Waals surface area contributed by atoms with E-state index < -0.39 is 0 Å². The van der Waals surface area contributed by atoms with Crippen molar-refractivity contribution in [2.24, 2.45) is 0 Å². The molecule has 3 aliphatic heterocycles. The summed E-state index contributed by atoms with van der Waals surface area (Å²) in [5.41, 5.74) is 2.90. The Morgan fingerprint density at radius 2 is 1.43 bits per heavy atom. The molecule has 0 aliphatic carbocycles. The summed E-state index contributed by atoms with van der Waals surface area (Å²) in [6, 6.07) is 11.7. The molecule has 1 aromatic heterocycles. The zero-order valence-corrected chi connectivity index (χ0v) is 18.0. The minimum atomic E-state index is -0.217. The Bertz CT molecular complexity index is 969. The average molecular weight is 423 g/mol. The van der Waals surface area contributed by atoms with Crippen LogP contribution in [0.15, 0.2) is 47.5 Å². The van der Waals surface area contributed by atoms with E-state index >= 15 is 0 Å². The van der Waals surface area contributed by atoms with E-state index in [9.17, 15) is 9.59 Å². The van der Waals surface area contributed by atoms with Crippen LogP contribution in [0.2, 0.25) is 0 Å². The van der Waals surface area contributed by atoms with Gasteiger partial charge in [0.25, 0.3) is 11.8 Å². The molecule has 2 saturated heterocycles. The average Bonchev–Trinajstić information content (AvgIpc) is 3.51. The molecule has 5 rings (SSSR count). The van der Waals surface area contributed by atoms with Crippen molar-refractivity contribution in [1.29, 1.82) is 0 Å². The number of thiophene rings is 1. The fourth-order valence-corrected chi connectivity index (χ4v) is 5.27. The Labute approximate surface area is 181 Å². The number of carbonyl (C=O) groups excluding carboxylic acids is 2. The number of likely N-dealkylation sites (N-methyl/N-ethyl adjacent to an activating group) is 1. The molecule has 2 fully saturated rings. The van der Waals surface area contributed by atoms with Gasteiger partial charge in [-0.05, 0) is 55.6 Å². The van der Waals surface area contributed by atoms with Crippen LogP contribution in [0.5, 0.6) is 0 Å². The summed E-state index contributed by atoms with van der Waals surface area (Å²) >= 11 is 1.51. The quantitative estimate of drug-likeness (QED) is 0.709. The van der Waals surface area contributed by atoms with Crippen LogP contribution >= 0.6 is 11.3 Å². The molecule has 3 aliphatic rings. The Morgan fingerprint density at radius 1 is 0.767 bits per heavy atom. The first-order valence-electron chi connectivity index (χ1n) is 10.6. The fraction of sp³-hybridized carbons (Fsp3) is 0.391. The molecule has 0 bridgehead atoms. The van der Waals surface area contributed by atoms with Gasteiger partial charge in [-0.3, -0.25) is 9.59 Å². The molecule has 4 heterocycles. The van der Waals surface area contributed by atoms with E-state index in [4.69, 9.17) is 0 Å². The van der Waals surface area contributed by atoms with Gasteiger partial charge in [-0.1, -0.05) is 6.07 Å². The molecule has 0 unspecified atom stereocenters. The topological polar surface area (TPSA) is 47.1 Å². The van der Waals surface area contributed by atoms with Gasteiger partial charge in [0.05, 0.1) is 11.3 Å². The van der Waals surface area contributed by atoms with Crippen LogP contribution in [0.25, 0.3) is 5.57 Å². The van der Waals surface area contributed by atoms with Crippen molar-refractivity contribution in [2.45, 2.75) is 12.8 Å². The normalized spacial score (nSPS) is 20.8. The van der Waals surface area contributed by atoms with Gasteiger partial charge in [0.15, 0.2) is 0 Å². The summed E-state index contributed by atoms with van der Waals surface area (Å²) in [6.45, 7) is 5.40. The van der Waals surface area contributed by atoms with Gasteiger partial charge in [0.2, 0.25) is 0 Å². The molecule has 0 radical (unpaired) electrons. The summed E-state index contributed by atoms with van der Waals surface area (Å²) in [4.78, 5) is 35.9. The number of imide groups is 1. The Kier molecular flexibility index (Phi) is 5.08. The molecule has 0 N–H and O–H groups in total. The van der Waals surface area contributed by atoms with Crippen LogP contribution in [0.1, 0.15) is 17.7 Å². The number of carbonyl (C=O) groups is 2. The zero-order valence-electron chi connectivity index (χ0n) is 17.2. The summed E-state index contributed by atoms with van der Waals surface area (Å²) in [5.74, 6) is -0.424. The van der Waals surface area contributed by atoms with Gasteiger partial charge in [-0.2, -0.15) is 0 Å². The molecule has 7 heteroatoms. The molecule has 0 atom stereocenters. The number of piperazine rings is 1. The number of benzene rings is 1. The van der Waals surface area contributed by atoms with Crippen molar-refractivity contribution >= 4 is 40.1 Å². The third kappa shape index (κ3) is 3.32. The maximum atomic E-state index is 13.5. The standard InChI is InChI=1S/C23H26N4O2S/c1-24-12-14-26(15-13-24)21-20(19-5-4-16-30-19)22(28)27(23(21)29)18-8-6-17(7-9-18)25-10-2-3-11-25/h4-9,16H,2-3,10-15H2,1H3. The highest BCUT2D eigenvalue weighted by molar-refractivity contribution is 7.11. The van der Waals surface area contributed by atoms with Gasteiger partial charge in [-0.15, -0.1) is 11.3 Å². The maximum absolute atomic E-state index is 13.5. The molecule has 0 saturated carbocycles. The minimum absolute atomic E-state index is 0.207. The Hall–Kier alpha value is -2.64. The maximum Gasteiger partial charge on any atom is 0.282 e. The summed E-state index contributed by atoms with van der Waals surface area (Å²) in [6.07, 6.45) is 2.43. The Morgan fingerprint density at radius 3 is 2.07 bits per heavy atom. The van der Waals surface area contributed by atoms with Gasteiger partial charge in [-0.25, -0.2) is 4.90 Å². The van der Waals surface area contributed by atoms with E-state index in [1.165, 1.54) is 29.1 Å². The van der Waals surface area contributed by atoms with Crippen molar-refractivity contribution in [2.75, 3.05) is 56.1 Å². The minimum Gasteiger partial charge on any atom is -0.372 e. The molecular formula is C23H26N4O2S. The van der Waals surface area contributed by atoms with Crippen LogP contribution in [0.4, 0.5) is 11.4 Å². The van der Waals surface area contributed by atoms with Crippen LogP contribution in [-0.2, 0) is 9.59 Å². The SMILES string of the molecule is CN1CCN(C2=C(c3cccs3)C(=O)N(c3ccc(N4CCCC4)cc3)C2=O)CC1. The lowest BCUT2D eigenvalue weighted by Gasteiger charge is -2.34. The fourth-order valence-electron chi connectivity index (χ4n) is 4.51. The second-order valence-electron chi connectivity index (χ2n) is 8.15. The lowest BCUT2D eigenvalue weighted by Crippen LogP contribution is -2.46. The summed E-state index contributed by atoms with van der Waals surface area (Å²) in [5, 5.41) is 1.95. The predicted octanol–water partition coefficient (Wildman–Crippen LogP) is 2.88. The highest BCUT2D eigenvalue weighted by Gasteiger charge is 2.43. The molecule has 30 heavy (non-hydrogen) atoms. The molecule has 156 valence electrons. The molecule has 2 amide bonds. The lowest BCUT2D eigenvalue weighted by atomic mass is 10.1. The van der Waals surface area contributed by atoms with E-state index in [1.807, 2.05) is 41.8 Å². The summed E-state index contributed by atoms with van der Waals surface area (Å²) in [7, 11) is 2.09. The number of anilines is 2. The lowest BCUT2D eigenvalue weighted by molar-refractivity contribution is -0.120. The van der Waals surface area contributed by atoms with Gasteiger partial charge in [0, 0.05) is 49.8 Å². The number of hydrogen-bond acceptors (Lipinski definition) is 6. The van der Waals surface area contributed by atoms with E-state index in [0.29, 0.717) is 17.0 Å². The smallest absolute Gasteiger partial charge is 0.282 e. The highest BCUT2D eigenvalue weighted by atomic mass is 32.1. The van der Waals surface area contributed by atoms with E-state index in [0.717, 1.165) is 49.8 Å². The number of hydrogen-bond donors (Lipinski definition) is 0. The number of amides is 2. The highest BCUT2D eigenvalue weighted by Crippen LogP contribution is 2.37. The first kappa shape index (κ1) is 19.3. The zero-order chi connectivity index (χ0) is 20.7. The first-order valence-corrected chi connectivity index (χ1v) is 11.5. The van der Waals surface area contributed by atoms with Crippen molar-refractivity contribution in [3.05, 3.63) is 52.4 Å². The predicted molar refractivity (Wildman–Crippen MR) is 121 cm³/mol. The number of rotatable bonds is 4.